The van der Waals surface area contributed by atoms with Crippen LogP contribution < -0.4 is 14.3 Å². The average Bonchev–Trinajstić information content (AvgIpc) is 2.77. The van der Waals surface area contributed by atoms with Crippen molar-refractivity contribution in [3.63, 3.8) is 0 Å². The molecule has 0 bridgehead atoms. The van der Waals surface area contributed by atoms with Crippen molar-refractivity contribution in [2.75, 3.05) is 20.6 Å². The van der Waals surface area contributed by atoms with Crippen LogP contribution in [0.2, 0.25) is 0 Å². The van der Waals surface area contributed by atoms with E-state index >= 15 is 0 Å². The molecule has 1 unspecified atom stereocenters. The molecule has 3 aromatic rings. The number of nitrogens with one attached hydrogen (secondary N) is 2. The first kappa shape index (κ1) is 24.2. The monoisotopic (exact) mass is 488 g/mol. The largest absolute Gasteiger partial charge is 0.324 e. The van der Waals surface area contributed by atoms with Gasteiger partial charge in [0.25, 0.3) is 10.0 Å². The Morgan fingerprint density at radius 2 is 1.58 bits per heavy atom. The molecule has 1 amide bonds. The van der Waals surface area contributed by atoms with Gasteiger partial charge in [0.05, 0.1) is 16.8 Å². The molecule has 1 heterocycles. The van der Waals surface area contributed by atoms with E-state index in [1.165, 1.54) is 36.5 Å². The number of rotatable bonds is 9. The van der Waals surface area contributed by atoms with Gasteiger partial charge >= 0.3 is 0 Å². The van der Waals surface area contributed by atoms with Crippen LogP contribution in [0.3, 0.4) is 0 Å². The summed E-state index contributed by atoms with van der Waals surface area (Å²) >= 11 is 0. The highest BCUT2D eigenvalue weighted by Gasteiger charge is 2.31. The Morgan fingerprint density at radius 1 is 0.939 bits per heavy atom. The van der Waals surface area contributed by atoms with Gasteiger partial charge in [-0.1, -0.05) is 31.2 Å². The smallest absolute Gasteiger partial charge is 0.263 e. The molecule has 2 N–H and O–H groups in total. The van der Waals surface area contributed by atoms with Crippen molar-refractivity contribution in [1.82, 2.24) is 4.98 Å². The van der Waals surface area contributed by atoms with E-state index < -0.39 is 32.0 Å². The number of sulfonamides is 2. The van der Waals surface area contributed by atoms with E-state index in [1.54, 1.807) is 49.4 Å². The maximum absolute atomic E-state index is 13.0. The summed E-state index contributed by atoms with van der Waals surface area (Å²) in [5, 5.41) is 2.67. The molecule has 1 aromatic heterocycles. The van der Waals surface area contributed by atoms with Crippen LogP contribution in [0.5, 0.6) is 0 Å². The zero-order valence-electron chi connectivity index (χ0n) is 18.0. The maximum Gasteiger partial charge on any atom is 0.263 e. The molecular weight excluding hydrogens is 464 g/mol. The summed E-state index contributed by atoms with van der Waals surface area (Å²) in [6.45, 7) is 1.71. The molecule has 0 saturated heterocycles. The van der Waals surface area contributed by atoms with Crippen LogP contribution in [-0.2, 0) is 24.8 Å². The molecule has 0 aliphatic rings. The topological polar surface area (TPSA) is 126 Å². The Morgan fingerprint density at radius 3 is 2.12 bits per heavy atom. The predicted molar refractivity (Wildman–Crippen MR) is 128 cm³/mol. The molecule has 33 heavy (non-hydrogen) atoms. The summed E-state index contributed by atoms with van der Waals surface area (Å²) in [4.78, 5) is 16.9. The van der Waals surface area contributed by atoms with Crippen LogP contribution in [0.4, 0.5) is 17.2 Å². The zero-order chi connectivity index (χ0) is 24.1. The quantitative estimate of drug-likeness (QED) is 0.477. The number of nitrogens with zero attached hydrogens (tertiary/aromatic N) is 2. The number of anilines is 3. The third kappa shape index (κ3) is 6.08. The fourth-order valence-electron chi connectivity index (χ4n) is 3.20. The van der Waals surface area contributed by atoms with E-state index in [2.05, 4.69) is 15.0 Å². The van der Waals surface area contributed by atoms with Crippen molar-refractivity contribution in [2.24, 2.45) is 0 Å². The summed E-state index contributed by atoms with van der Waals surface area (Å²) in [5.41, 5.74) is 0.709. The Hall–Kier alpha value is -3.44. The molecule has 2 aromatic carbocycles. The summed E-state index contributed by atoms with van der Waals surface area (Å²) in [5.74, 6) is -0.351. The molecule has 0 fully saturated rings. The fourth-order valence-corrected chi connectivity index (χ4v) is 5.42. The lowest BCUT2D eigenvalue weighted by molar-refractivity contribution is -0.117. The highest BCUT2D eigenvalue weighted by molar-refractivity contribution is 7.92. The fraction of sp³-hybridized carbons (Fsp3) is 0.182. The Labute approximate surface area is 193 Å². The van der Waals surface area contributed by atoms with Crippen LogP contribution in [0.25, 0.3) is 0 Å². The van der Waals surface area contributed by atoms with Gasteiger partial charge in [0.1, 0.15) is 11.9 Å². The second-order valence-electron chi connectivity index (χ2n) is 7.15. The van der Waals surface area contributed by atoms with Gasteiger partial charge in [0.15, 0.2) is 0 Å². The van der Waals surface area contributed by atoms with E-state index in [9.17, 15) is 21.6 Å². The zero-order valence-corrected chi connectivity index (χ0v) is 19.7. The minimum Gasteiger partial charge on any atom is -0.324 e. The molecule has 11 heteroatoms. The van der Waals surface area contributed by atoms with Gasteiger partial charge in [-0.15, -0.1) is 0 Å². The van der Waals surface area contributed by atoms with Crippen LogP contribution in [0, 0.1) is 0 Å². The minimum atomic E-state index is -3.86. The second kappa shape index (κ2) is 10.0. The summed E-state index contributed by atoms with van der Waals surface area (Å²) < 4.78 is 53.4. The minimum absolute atomic E-state index is 0.0137. The van der Waals surface area contributed by atoms with Crippen molar-refractivity contribution >= 4 is 43.1 Å². The maximum atomic E-state index is 13.0. The molecule has 9 nitrogen and oxygen atoms in total. The van der Waals surface area contributed by atoms with Gasteiger partial charge in [-0.25, -0.2) is 21.8 Å². The SMILES string of the molecule is CCC(C(=O)Nc1ccc(S(=O)(=O)Nc2ccccn2)cc1)N(c1ccccc1)S(C)(=O)=O. The van der Waals surface area contributed by atoms with E-state index in [4.69, 9.17) is 0 Å². The highest BCUT2D eigenvalue weighted by atomic mass is 32.2. The van der Waals surface area contributed by atoms with E-state index in [0.29, 0.717) is 11.4 Å². The molecule has 1 atom stereocenters. The van der Waals surface area contributed by atoms with Gasteiger partial charge in [0, 0.05) is 11.9 Å². The van der Waals surface area contributed by atoms with Crippen molar-refractivity contribution in [3.05, 3.63) is 79.0 Å². The lowest BCUT2D eigenvalue weighted by atomic mass is 10.2. The van der Waals surface area contributed by atoms with Crippen LogP contribution in [-0.4, -0.2) is 40.0 Å². The van der Waals surface area contributed by atoms with Crippen molar-refractivity contribution < 1.29 is 21.6 Å². The van der Waals surface area contributed by atoms with Crippen LogP contribution in [0.1, 0.15) is 13.3 Å². The van der Waals surface area contributed by atoms with Crippen molar-refractivity contribution in [2.45, 2.75) is 24.3 Å². The van der Waals surface area contributed by atoms with Gasteiger partial charge in [0.2, 0.25) is 15.9 Å². The normalized spacial score (nSPS) is 12.5. The lowest BCUT2D eigenvalue weighted by Crippen LogP contribution is -2.46. The molecule has 0 aliphatic carbocycles. The van der Waals surface area contributed by atoms with Gasteiger partial charge < -0.3 is 5.32 Å². The second-order valence-corrected chi connectivity index (χ2v) is 10.7. The van der Waals surface area contributed by atoms with E-state index in [1.807, 2.05) is 0 Å². The van der Waals surface area contributed by atoms with Gasteiger partial charge in [-0.3, -0.25) is 13.8 Å². The summed E-state index contributed by atoms with van der Waals surface area (Å²) in [7, 11) is -7.60. The number of aromatic nitrogens is 1. The first-order chi connectivity index (χ1) is 15.6. The first-order valence-corrected chi connectivity index (χ1v) is 13.3. The van der Waals surface area contributed by atoms with E-state index in [0.717, 1.165) is 10.6 Å². The number of carbonyl (C=O) groups excluding carboxylic acids is 1. The Kier molecular flexibility index (Phi) is 7.34. The number of para-hydroxylation sites is 1. The summed E-state index contributed by atoms with van der Waals surface area (Å²) in [6.07, 6.45) is 2.74. The molecule has 0 aliphatic heterocycles. The van der Waals surface area contributed by atoms with Crippen molar-refractivity contribution in [3.8, 4) is 0 Å². The third-order valence-corrected chi connectivity index (χ3v) is 7.23. The highest BCUT2D eigenvalue weighted by Crippen LogP contribution is 2.23. The number of hydrogen-bond donors (Lipinski definition) is 2. The predicted octanol–water partition coefficient (Wildman–Crippen LogP) is 3.07. The molecule has 0 radical (unpaired) electrons. The van der Waals surface area contributed by atoms with Gasteiger partial charge in [-0.05, 0) is 55.0 Å². The third-order valence-electron chi connectivity index (χ3n) is 4.68. The molecule has 0 saturated carbocycles. The van der Waals surface area contributed by atoms with Crippen LogP contribution >= 0.6 is 0 Å². The molecule has 174 valence electrons. The number of amides is 1. The van der Waals surface area contributed by atoms with Crippen LogP contribution in [0.15, 0.2) is 83.9 Å². The number of benzene rings is 2. The number of carbonyl (C=O) groups is 1. The number of pyridine rings is 1. The van der Waals surface area contributed by atoms with Gasteiger partial charge in [-0.2, -0.15) is 0 Å². The molecule has 0 spiro atoms. The first-order valence-electron chi connectivity index (χ1n) is 10.0. The average molecular weight is 489 g/mol. The lowest BCUT2D eigenvalue weighted by Gasteiger charge is -2.30. The van der Waals surface area contributed by atoms with Crippen molar-refractivity contribution in [1.29, 1.82) is 0 Å². The Bertz CT molecular complexity index is 1300. The Balaban J connectivity index is 1.79. The summed E-state index contributed by atoms with van der Waals surface area (Å²) in [6, 6.07) is 17.8. The number of hydrogen-bond acceptors (Lipinski definition) is 6. The van der Waals surface area contributed by atoms with E-state index in [-0.39, 0.29) is 17.1 Å². The standard InChI is InChI=1S/C22H24N4O5S2/c1-3-20(26(32(2,28)29)18-9-5-4-6-10-18)22(27)24-17-12-14-19(15-13-17)33(30,31)25-21-11-7-8-16-23-21/h4-16,20H,3H2,1-2H3,(H,23,25)(H,24,27). The molecular formula is C22H24N4O5S2. The molecule has 3 rings (SSSR count).